The molecule has 0 saturated carbocycles. The second-order valence-corrected chi connectivity index (χ2v) is 4.83. The number of allylic oxidation sites excluding steroid dienone is 1. The van der Waals surface area contributed by atoms with Crippen LogP contribution in [-0.4, -0.2) is 17.2 Å². The van der Waals surface area contributed by atoms with Gasteiger partial charge in [0.05, 0.1) is 5.57 Å². The minimum Gasteiger partial charge on any atom is -0.425 e. The molecule has 1 fully saturated rings. The van der Waals surface area contributed by atoms with Crippen LogP contribution in [0.15, 0.2) is 24.0 Å². The molecule has 0 aliphatic carbocycles. The van der Waals surface area contributed by atoms with Gasteiger partial charge in [-0.3, -0.25) is 0 Å². The fourth-order valence-electron chi connectivity index (χ4n) is 2.07. The van der Waals surface area contributed by atoms with Gasteiger partial charge in [0.1, 0.15) is 11.9 Å². The van der Waals surface area contributed by atoms with E-state index in [-0.39, 0.29) is 5.76 Å². The molecule has 3 heteroatoms. The molecule has 1 heterocycles. The summed E-state index contributed by atoms with van der Waals surface area (Å²) in [6.07, 6.45) is 10.4. The van der Waals surface area contributed by atoms with Crippen LogP contribution >= 0.6 is 0 Å². The van der Waals surface area contributed by atoms with Crippen molar-refractivity contribution in [2.75, 3.05) is 0 Å². The van der Waals surface area contributed by atoms with Gasteiger partial charge < -0.3 is 9.84 Å². The van der Waals surface area contributed by atoms with E-state index in [1.807, 2.05) is 0 Å². The maximum Gasteiger partial charge on any atom is 0.341 e. The molecule has 0 aromatic heterocycles. The minimum absolute atomic E-state index is 0.144. The summed E-state index contributed by atoms with van der Waals surface area (Å²) in [5.41, 5.74) is 0.353. The maximum absolute atomic E-state index is 11.3. The molecule has 18 heavy (non-hydrogen) atoms. The zero-order chi connectivity index (χ0) is 13.4. The van der Waals surface area contributed by atoms with E-state index >= 15 is 0 Å². The molecule has 1 rings (SSSR count). The lowest BCUT2D eigenvalue weighted by atomic mass is 10.1. The summed E-state index contributed by atoms with van der Waals surface area (Å²) in [5.74, 6) is -0.304. The van der Waals surface area contributed by atoms with Crippen LogP contribution in [0.5, 0.6) is 0 Å². The monoisotopic (exact) mass is 252 g/mol. The van der Waals surface area contributed by atoms with Gasteiger partial charge in [-0.25, -0.2) is 4.79 Å². The number of hydrogen-bond donors (Lipinski definition) is 1. The van der Waals surface area contributed by atoms with Crippen LogP contribution in [-0.2, 0) is 9.53 Å². The van der Waals surface area contributed by atoms with E-state index in [2.05, 4.69) is 13.5 Å². The molecule has 1 atom stereocenters. The molecule has 1 saturated heterocycles. The van der Waals surface area contributed by atoms with Gasteiger partial charge in [0.25, 0.3) is 0 Å². The van der Waals surface area contributed by atoms with Gasteiger partial charge in [0.2, 0.25) is 0 Å². The van der Waals surface area contributed by atoms with Crippen LogP contribution in [0.4, 0.5) is 0 Å². The molecule has 1 N–H and O–H groups in total. The van der Waals surface area contributed by atoms with E-state index < -0.39 is 12.1 Å². The predicted octanol–water partition coefficient (Wildman–Crippen LogP) is 3.48. The van der Waals surface area contributed by atoms with E-state index in [4.69, 9.17) is 4.74 Å². The standard InChI is InChI=1S/C15H24O3/c1-3-4-5-6-7-8-9-10-11-13-14(16)12(2)18-15(13)17/h11,14,16H,2-10H2,1H3/b13-11+/t14-/m1/s1. The third-order valence-corrected chi connectivity index (χ3v) is 3.23. The average molecular weight is 252 g/mol. The Morgan fingerprint density at radius 3 is 2.39 bits per heavy atom. The lowest BCUT2D eigenvalue weighted by Gasteiger charge is -2.01. The van der Waals surface area contributed by atoms with Crippen molar-refractivity contribution in [2.45, 2.75) is 64.4 Å². The van der Waals surface area contributed by atoms with Gasteiger partial charge in [-0.15, -0.1) is 0 Å². The summed E-state index contributed by atoms with van der Waals surface area (Å²) in [7, 11) is 0. The topological polar surface area (TPSA) is 46.5 Å². The van der Waals surface area contributed by atoms with Crippen molar-refractivity contribution in [3.8, 4) is 0 Å². The maximum atomic E-state index is 11.3. The fourth-order valence-corrected chi connectivity index (χ4v) is 2.07. The number of carbonyl (C=O) groups excluding carboxylic acids is 1. The first-order chi connectivity index (χ1) is 8.66. The summed E-state index contributed by atoms with van der Waals surface area (Å²) in [4.78, 5) is 11.3. The third-order valence-electron chi connectivity index (χ3n) is 3.23. The number of ether oxygens (including phenoxy) is 1. The summed E-state index contributed by atoms with van der Waals surface area (Å²) in [6, 6.07) is 0. The number of carbonyl (C=O) groups is 1. The van der Waals surface area contributed by atoms with Gasteiger partial charge in [0.15, 0.2) is 0 Å². The number of unbranched alkanes of at least 4 members (excludes halogenated alkanes) is 7. The van der Waals surface area contributed by atoms with E-state index in [0.717, 1.165) is 12.8 Å². The molecular weight excluding hydrogens is 228 g/mol. The van der Waals surface area contributed by atoms with E-state index in [9.17, 15) is 9.90 Å². The van der Waals surface area contributed by atoms with Crippen LogP contribution in [0.1, 0.15) is 58.3 Å². The third kappa shape index (κ3) is 4.65. The lowest BCUT2D eigenvalue weighted by Crippen LogP contribution is -2.07. The number of aliphatic hydroxyl groups is 1. The van der Waals surface area contributed by atoms with Gasteiger partial charge >= 0.3 is 5.97 Å². The Kier molecular flexibility index (Phi) is 6.73. The molecule has 1 aliphatic heterocycles. The minimum atomic E-state index is -0.929. The van der Waals surface area contributed by atoms with Crippen LogP contribution in [0.3, 0.4) is 0 Å². The number of aliphatic hydroxyl groups excluding tert-OH is 1. The first-order valence-corrected chi connectivity index (χ1v) is 6.96. The highest BCUT2D eigenvalue weighted by molar-refractivity contribution is 5.93. The van der Waals surface area contributed by atoms with Gasteiger partial charge in [-0.1, -0.05) is 58.1 Å². The van der Waals surface area contributed by atoms with Gasteiger partial charge in [-0.2, -0.15) is 0 Å². The average Bonchev–Trinajstić information content (AvgIpc) is 2.58. The Morgan fingerprint density at radius 2 is 1.83 bits per heavy atom. The molecule has 0 radical (unpaired) electrons. The van der Waals surface area contributed by atoms with Crippen LogP contribution in [0.2, 0.25) is 0 Å². The first-order valence-electron chi connectivity index (χ1n) is 6.96. The number of esters is 1. The molecule has 1 aliphatic rings. The molecule has 0 spiro atoms. The molecule has 0 amide bonds. The summed E-state index contributed by atoms with van der Waals surface area (Å²) in [5, 5.41) is 9.61. The summed E-state index contributed by atoms with van der Waals surface area (Å²) < 4.78 is 4.76. The second kappa shape index (κ2) is 8.09. The van der Waals surface area contributed by atoms with Crippen LogP contribution in [0, 0.1) is 0 Å². The van der Waals surface area contributed by atoms with Crippen LogP contribution in [0.25, 0.3) is 0 Å². The van der Waals surface area contributed by atoms with Gasteiger partial charge in [-0.05, 0) is 12.8 Å². The summed E-state index contributed by atoms with van der Waals surface area (Å²) in [6.45, 7) is 5.70. The summed E-state index contributed by atoms with van der Waals surface area (Å²) >= 11 is 0. The Balaban J connectivity index is 2.13. The molecule has 0 unspecified atom stereocenters. The number of hydrogen-bond acceptors (Lipinski definition) is 3. The zero-order valence-corrected chi connectivity index (χ0v) is 11.3. The van der Waals surface area contributed by atoms with E-state index in [0.29, 0.717) is 5.57 Å². The van der Waals surface area contributed by atoms with E-state index in [1.54, 1.807) is 6.08 Å². The fraction of sp³-hybridized carbons (Fsp3) is 0.667. The van der Waals surface area contributed by atoms with Gasteiger partial charge in [0, 0.05) is 0 Å². The van der Waals surface area contributed by atoms with Crippen molar-refractivity contribution in [3.63, 3.8) is 0 Å². The van der Waals surface area contributed by atoms with Crippen molar-refractivity contribution in [1.29, 1.82) is 0 Å². The normalized spacial score (nSPS) is 21.7. The first kappa shape index (κ1) is 15.0. The Morgan fingerprint density at radius 1 is 1.22 bits per heavy atom. The molecule has 3 nitrogen and oxygen atoms in total. The van der Waals surface area contributed by atoms with Crippen LogP contribution < -0.4 is 0 Å². The SMILES string of the molecule is C=C1OC(=O)/C(=C/CCCCCCCCC)[C@@H]1O. The second-order valence-electron chi connectivity index (χ2n) is 4.83. The molecular formula is C15H24O3. The lowest BCUT2D eigenvalue weighted by molar-refractivity contribution is -0.132. The highest BCUT2D eigenvalue weighted by atomic mass is 16.6. The predicted molar refractivity (Wildman–Crippen MR) is 71.9 cm³/mol. The quantitative estimate of drug-likeness (QED) is 0.408. The Bertz CT molecular complexity index is 318. The highest BCUT2D eigenvalue weighted by Gasteiger charge is 2.32. The molecule has 0 aromatic carbocycles. The molecule has 0 bridgehead atoms. The Hall–Kier alpha value is -1.09. The van der Waals surface area contributed by atoms with Crippen molar-refractivity contribution in [2.24, 2.45) is 0 Å². The van der Waals surface area contributed by atoms with E-state index in [1.165, 1.54) is 38.5 Å². The van der Waals surface area contributed by atoms with Crippen molar-refractivity contribution in [3.05, 3.63) is 24.0 Å². The number of rotatable bonds is 8. The largest absolute Gasteiger partial charge is 0.425 e. The molecule has 102 valence electrons. The van der Waals surface area contributed by atoms with Crippen molar-refractivity contribution in [1.82, 2.24) is 0 Å². The zero-order valence-electron chi connectivity index (χ0n) is 11.3. The highest BCUT2D eigenvalue weighted by Crippen LogP contribution is 2.23. The van der Waals surface area contributed by atoms with Crippen molar-refractivity contribution >= 4 is 5.97 Å². The molecule has 0 aromatic rings. The Labute approximate surface area is 110 Å². The number of cyclic esters (lactones) is 1. The smallest absolute Gasteiger partial charge is 0.341 e. The van der Waals surface area contributed by atoms with Crippen molar-refractivity contribution < 1.29 is 14.6 Å².